The largest absolute Gasteiger partial charge is 0.440 e. The molecule has 0 atom stereocenters. The summed E-state index contributed by atoms with van der Waals surface area (Å²) in [7, 11) is 1.81. The van der Waals surface area contributed by atoms with Gasteiger partial charge in [-0.15, -0.1) is 0 Å². The second-order valence-corrected chi connectivity index (χ2v) is 4.37. The summed E-state index contributed by atoms with van der Waals surface area (Å²) in [6, 6.07) is 1.77. The molecule has 0 radical (unpaired) electrons. The second kappa shape index (κ2) is 8.65. The molecule has 0 aliphatic heterocycles. The van der Waals surface area contributed by atoms with Gasteiger partial charge in [0.15, 0.2) is 0 Å². The lowest BCUT2D eigenvalue weighted by Gasteiger charge is -2.06. The van der Waals surface area contributed by atoms with E-state index in [0.717, 1.165) is 12.0 Å². The number of aromatic nitrogens is 2. The summed E-state index contributed by atoms with van der Waals surface area (Å²) in [6.07, 6.45) is 10.6. The summed E-state index contributed by atoms with van der Waals surface area (Å²) in [5.41, 5.74) is 9.96. The topological polar surface area (TPSA) is 91.1 Å². The molecule has 5 N–H and O–H groups in total. The van der Waals surface area contributed by atoms with E-state index in [4.69, 9.17) is 16.3 Å². The molecule has 0 amide bonds. The molecule has 0 unspecified atom stereocenters. The monoisotopic (exact) mass is 289 g/mol. The number of nitrogens with zero attached hydrogens (tertiary/aromatic N) is 2. The normalized spacial score (nSPS) is 12.7. The fraction of sp³-hybridized carbons (Fsp3) is 0.267. The fourth-order valence-electron chi connectivity index (χ4n) is 1.70. The fourth-order valence-corrected chi connectivity index (χ4v) is 1.70. The van der Waals surface area contributed by atoms with E-state index < -0.39 is 0 Å². The minimum absolute atomic E-state index is 0.536. The minimum Gasteiger partial charge on any atom is -0.440 e. The van der Waals surface area contributed by atoms with E-state index >= 15 is 0 Å². The summed E-state index contributed by atoms with van der Waals surface area (Å²) < 4.78 is 7.19. The van der Waals surface area contributed by atoms with Crippen LogP contribution in [0.4, 0.5) is 0 Å². The molecule has 6 nitrogen and oxygen atoms in total. The predicted molar refractivity (Wildman–Crippen MR) is 84.7 cm³/mol. The summed E-state index contributed by atoms with van der Waals surface area (Å²) in [6.45, 7) is 5.90. The van der Waals surface area contributed by atoms with Gasteiger partial charge in [-0.25, -0.2) is 4.68 Å². The van der Waals surface area contributed by atoms with Crippen molar-refractivity contribution < 1.29 is 4.74 Å². The number of hydrogen-bond donors (Lipinski definition) is 3. The van der Waals surface area contributed by atoms with Crippen molar-refractivity contribution in [2.45, 2.75) is 19.8 Å². The molecule has 1 rings (SSSR count). The van der Waals surface area contributed by atoms with Gasteiger partial charge in [0.05, 0.1) is 11.9 Å². The van der Waals surface area contributed by atoms with Crippen molar-refractivity contribution in [2.75, 3.05) is 0 Å². The Morgan fingerprint density at radius 3 is 2.90 bits per heavy atom. The third kappa shape index (κ3) is 5.58. The van der Waals surface area contributed by atoms with Crippen molar-refractivity contribution >= 4 is 0 Å². The Labute approximate surface area is 125 Å². The van der Waals surface area contributed by atoms with E-state index in [1.165, 1.54) is 0 Å². The van der Waals surface area contributed by atoms with Crippen LogP contribution in [0.1, 0.15) is 19.8 Å². The Balaban J connectivity index is 2.59. The molecule has 21 heavy (non-hydrogen) atoms. The van der Waals surface area contributed by atoms with E-state index in [1.807, 2.05) is 6.08 Å². The zero-order chi connectivity index (χ0) is 15.7. The highest BCUT2D eigenvalue weighted by molar-refractivity contribution is 5.30. The summed E-state index contributed by atoms with van der Waals surface area (Å²) in [5.74, 6) is 6.41. The molecule has 1 aromatic rings. The van der Waals surface area contributed by atoms with Gasteiger partial charge in [0.1, 0.15) is 5.76 Å². The molecule has 114 valence electrons. The van der Waals surface area contributed by atoms with Crippen LogP contribution in [-0.2, 0) is 7.05 Å². The molecule has 0 aromatic carbocycles. The Bertz CT molecular complexity index is 554. The molecule has 6 heteroatoms. The van der Waals surface area contributed by atoms with E-state index in [1.54, 1.807) is 36.3 Å². The van der Waals surface area contributed by atoms with Gasteiger partial charge in [0.25, 0.3) is 0 Å². The van der Waals surface area contributed by atoms with Gasteiger partial charge in [0, 0.05) is 19.3 Å². The Hall–Kier alpha value is -2.47. The van der Waals surface area contributed by atoms with Crippen LogP contribution < -0.4 is 21.7 Å². The molecule has 0 aliphatic rings. The average Bonchev–Trinajstić information content (AvgIpc) is 2.83. The molecule has 1 heterocycles. The maximum absolute atomic E-state index is 5.91. The van der Waals surface area contributed by atoms with Gasteiger partial charge in [-0.2, -0.15) is 5.10 Å². The minimum atomic E-state index is 0.536. The molecule has 0 bridgehead atoms. The van der Waals surface area contributed by atoms with Gasteiger partial charge >= 0.3 is 0 Å². The lowest BCUT2D eigenvalue weighted by Crippen LogP contribution is -2.17. The van der Waals surface area contributed by atoms with E-state index in [2.05, 4.69) is 30.1 Å². The summed E-state index contributed by atoms with van der Waals surface area (Å²) in [4.78, 5) is 0. The van der Waals surface area contributed by atoms with Crippen molar-refractivity contribution in [3.8, 4) is 5.88 Å². The zero-order valence-corrected chi connectivity index (χ0v) is 12.5. The Kier molecular flexibility index (Phi) is 6.83. The van der Waals surface area contributed by atoms with Crippen molar-refractivity contribution in [1.29, 1.82) is 0 Å². The van der Waals surface area contributed by atoms with Crippen LogP contribution in [0.15, 0.2) is 60.3 Å². The van der Waals surface area contributed by atoms with Crippen LogP contribution >= 0.6 is 0 Å². The van der Waals surface area contributed by atoms with Gasteiger partial charge in [0.2, 0.25) is 5.88 Å². The molecule has 0 saturated heterocycles. The van der Waals surface area contributed by atoms with Crippen molar-refractivity contribution in [1.82, 2.24) is 15.2 Å². The predicted octanol–water partition coefficient (Wildman–Crippen LogP) is 1.86. The number of ether oxygens (including phenoxy) is 1. The highest BCUT2D eigenvalue weighted by Gasteiger charge is 2.01. The molecule has 0 fully saturated rings. The number of nitrogens with two attached hydrogens (primary N) is 2. The van der Waals surface area contributed by atoms with Gasteiger partial charge < -0.3 is 15.9 Å². The maximum Gasteiger partial charge on any atom is 0.217 e. The van der Waals surface area contributed by atoms with Crippen molar-refractivity contribution in [3.05, 3.63) is 60.3 Å². The molecular weight excluding hydrogens is 266 g/mol. The number of hydrogen-bond acceptors (Lipinski definition) is 5. The standard InChI is InChI=1S/C15H23N5O/c1-4-6-13(14(16)11-18-17)8-5-7-12(2)21-15-9-10-19-20(15)3/h5-7,9-11,18H,2,4,8,16-17H2,1,3H3/b7-5-,13-6+,14-11-. The zero-order valence-electron chi connectivity index (χ0n) is 12.5. The number of hydrazine groups is 1. The molecule has 0 aliphatic carbocycles. The number of allylic oxidation sites excluding steroid dienone is 4. The van der Waals surface area contributed by atoms with Gasteiger partial charge in [-0.3, -0.25) is 5.84 Å². The number of aryl methyl sites for hydroxylation is 1. The van der Waals surface area contributed by atoms with Gasteiger partial charge in [-0.1, -0.05) is 25.7 Å². The third-order valence-corrected chi connectivity index (χ3v) is 2.71. The van der Waals surface area contributed by atoms with Crippen LogP contribution in [0.5, 0.6) is 5.88 Å². The first-order valence-corrected chi connectivity index (χ1v) is 6.71. The Morgan fingerprint density at radius 2 is 2.33 bits per heavy atom. The van der Waals surface area contributed by atoms with Crippen LogP contribution in [0.2, 0.25) is 0 Å². The molecule has 0 saturated carbocycles. The lowest BCUT2D eigenvalue weighted by molar-refractivity contribution is 0.401. The number of rotatable bonds is 8. The Morgan fingerprint density at radius 1 is 1.57 bits per heavy atom. The first kappa shape index (κ1) is 16.6. The second-order valence-electron chi connectivity index (χ2n) is 4.37. The van der Waals surface area contributed by atoms with E-state index in [0.29, 0.717) is 23.8 Å². The lowest BCUT2D eigenvalue weighted by atomic mass is 10.1. The average molecular weight is 289 g/mol. The van der Waals surface area contributed by atoms with E-state index in [9.17, 15) is 0 Å². The summed E-state index contributed by atoms with van der Waals surface area (Å²) >= 11 is 0. The van der Waals surface area contributed by atoms with Crippen LogP contribution in [-0.4, -0.2) is 9.78 Å². The van der Waals surface area contributed by atoms with Crippen LogP contribution in [0.3, 0.4) is 0 Å². The maximum atomic E-state index is 5.91. The van der Waals surface area contributed by atoms with Crippen LogP contribution in [0, 0.1) is 0 Å². The van der Waals surface area contributed by atoms with Crippen molar-refractivity contribution in [3.63, 3.8) is 0 Å². The van der Waals surface area contributed by atoms with Crippen molar-refractivity contribution in [2.24, 2.45) is 18.6 Å². The van der Waals surface area contributed by atoms with Gasteiger partial charge in [-0.05, 0) is 24.5 Å². The first-order valence-electron chi connectivity index (χ1n) is 6.71. The SMILES string of the molecule is C=C(/C=C\CC(=C\CC)/C(N)=C/NN)Oc1ccnn1C. The van der Waals surface area contributed by atoms with E-state index in [-0.39, 0.29) is 0 Å². The molecular formula is C15H23N5O. The molecule has 1 aromatic heterocycles. The number of nitrogens with one attached hydrogen (secondary N) is 1. The highest BCUT2D eigenvalue weighted by atomic mass is 16.5. The third-order valence-electron chi connectivity index (χ3n) is 2.71. The summed E-state index contributed by atoms with van der Waals surface area (Å²) in [5, 5.41) is 4.02. The van der Waals surface area contributed by atoms with Crippen LogP contribution in [0.25, 0.3) is 0 Å². The highest BCUT2D eigenvalue weighted by Crippen LogP contribution is 2.14. The molecule has 0 spiro atoms. The smallest absolute Gasteiger partial charge is 0.217 e. The quantitative estimate of drug-likeness (QED) is 0.294. The first-order chi connectivity index (χ1) is 10.1.